The zero-order valence-corrected chi connectivity index (χ0v) is 77.0. The number of hydrogen-bond donors (Lipinski definition) is 0. The molecule has 0 nitrogen and oxygen atoms in total. The second-order valence-electron chi connectivity index (χ2n) is 0. The topological polar surface area (TPSA) is 0 Å². The third kappa shape index (κ3) is 678. The van der Waals surface area contributed by atoms with Crippen LogP contribution in [0.25, 0.3) is 0 Å². The van der Waals surface area contributed by atoms with Crippen LogP contribution in [0.4, 0.5) is 0 Å². The van der Waals surface area contributed by atoms with E-state index in [1.165, 1.54) is 0 Å². The van der Waals surface area contributed by atoms with Crippen LogP contribution in [0.2, 0.25) is 0 Å². The van der Waals surface area contributed by atoms with E-state index in [2.05, 4.69) is 0 Å². The fourth-order valence-electron chi connectivity index (χ4n) is 0. The third-order valence-corrected chi connectivity index (χ3v) is 0. The van der Waals surface area contributed by atoms with Gasteiger partial charge in [0.05, 0.1) is 0 Å². The molecular weight excluding hydrogens is 3300 g/mol. The Labute approximate surface area is 915 Å². The summed E-state index contributed by atoms with van der Waals surface area (Å²) >= 11 is 0. The van der Waals surface area contributed by atoms with Gasteiger partial charge in [-0.1, -0.05) is 0 Å². The Morgan fingerprint density at radius 1 is 0.0179 bits per heavy atom. The van der Waals surface area contributed by atoms with Crippen molar-refractivity contribution in [2.24, 2.45) is 0 Å². The van der Waals surface area contributed by atoms with Crippen molar-refractivity contribution in [3.8, 4) is 0 Å². The predicted octanol–water partition coefficient (Wildman–Crippen LogP) is -0.140. The maximum Gasteiger partial charge on any atom is 0 e. The first-order valence-corrected chi connectivity index (χ1v) is 0. The van der Waals surface area contributed by atoms with Crippen LogP contribution in [0, 0.1) is 0 Å². The van der Waals surface area contributed by atoms with E-state index in [9.17, 15) is 0 Å². The first-order chi connectivity index (χ1) is 0. The molecule has 56 heavy (non-hydrogen) atoms. The van der Waals surface area contributed by atoms with Crippen molar-refractivity contribution in [2.75, 3.05) is 0 Å². The summed E-state index contributed by atoms with van der Waals surface area (Å²) in [4.78, 5) is 0. The van der Waals surface area contributed by atoms with Gasteiger partial charge in [-0.3, -0.25) is 0 Å². The van der Waals surface area contributed by atoms with E-state index >= 15 is 0 Å². The van der Waals surface area contributed by atoms with E-state index in [1.54, 1.807) is 0 Å². The molecular formula is Co56. The second-order valence-corrected chi connectivity index (χ2v) is 0. The van der Waals surface area contributed by atoms with Crippen molar-refractivity contribution in [2.45, 2.75) is 0 Å². The molecule has 0 aromatic heterocycles. The van der Waals surface area contributed by atoms with Crippen LogP contribution in [0.15, 0.2) is 0 Å². The van der Waals surface area contributed by atoms with Crippen molar-refractivity contribution in [3.63, 3.8) is 0 Å². The van der Waals surface area contributed by atoms with Crippen LogP contribution >= 0.6 is 0 Å². The van der Waals surface area contributed by atoms with Crippen LogP contribution in [0.1, 0.15) is 0 Å². The first-order valence-electron chi connectivity index (χ1n) is 0. The minimum absolute atomic E-state index is 0. The Kier molecular flexibility index (Phi) is 9150. The van der Waals surface area contributed by atoms with E-state index in [4.69, 9.17) is 0 Å². The Balaban J connectivity index is 0. The van der Waals surface area contributed by atoms with Gasteiger partial charge in [-0.25, -0.2) is 0 Å². The molecule has 56 heteroatoms. The normalized spacial score (nSPS) is 0. The molecule has 0 unspecified atom stereocenters. The molecule has 0 fully saturated rings. The Morgan fingerprint density at radius 3 is 0.0179 bits per heavy atom. The van der Waals surface area contributed by atoms with Crippen molar-refractivity contribution >= 4 is 0 Å². The summed E-state index contributed by atoms with van der Waals surface area (Å²) in [5.41, 5.74) is 0. The van der Waals surface area contributed by atoms with Crippen molar-refractivity contribution in [1.29, 1.82) is 0 Å². The first kappa shape index (κ1) is 729. The van der Waals surface area contributed by atoms with Gasteiger partial charge in [0.2, 0.25) is 0 Å². The summed E-state index contributed by atoms with van der Waals surface area (Å²) in [7, 11) is 0. The molecule has 0 saturated heterocycles. The molecule has 0 aliphatic carbocycles. The largest absolute Gasteiger partial charge is 0 e. The summed E-state index contributed by atoms with van der Waals surface area (Å²) in [5, 5.41) is 0. The molecule has 0 spiro atoms. The molecule has 0 aromatic rings. The molecule has 0 N–H and O–H groups in total. The van der Waals surface area contributed by atoms with Gasteiger partial charge < -0.3 is 0 Å². The number of rotatable bonds is 0. The van der Waals surface area contributed by atoms with Gasteiger partial charge >= 0.3 is 0 Å². The average Bonchev–Trinajstić information content (AvgIpc) is 0. The van der Waals surface area contributed by atoms with Gasteiger partial charge in [0.1, 0.15) is 0 Å². The quantitative estimate of drug-likeness (QED) is 0.318. The van der Waals surface area contributed by atoms with E-state index in [-0.39, 0.29) is 940 Å². The van der Waals surface area contributed by atoms with Crippen molar-refractivity contribution < 1.29 is 940 Å². The van der Waals surface area contributed by atoms with Crippen LogP contribution in [-0.2, 0) is 940 Å². The average molecular weight is 3300 g/mol. The van der Waals surface area contributed by atoms with Crippen molar-refractivity contribution in [3.05, 3.63) is 0 Å². The molecule has 0 rings (SSSR count). The molecule has 504 valence electrons. The minimum atomic E-state index is 0. The van der Waals surface area contributed by atoms with Crippen molar-refractivity contribution in [1.82, 2.24) is 0 Å². The maximum atomic E-state index is 0. The smallest absolute Gasteiger partial charge is 0 e. The monoisotopic (exact) mass is 3300 g/mol. The van der Waals surface area contributed by atoms with Crippen LogP contribution in [0.5, 0.6) is 0 Å². The Bertz CT molecular complexity index is 0. The van der Waals surface area contributed by atoms with Gasteiger partial charge in [-0.15, -0.1) is 0 Å². The molecule has 0 aliphatic heterocycles. The fourth-order valence-corrected chi connectivity index (χ4v) is 0. The summed E-state index contributed by atoms with van der Waals surface area (Å²) in [5.74, 6) is 0. The summed E-state index contributed by atoms with van der Waals surface area (Å²) in [6, 6.07) is 0. The molecule has 0 heterocycles. The summed E-state index contributed by atoms with van der Waals surface area (Å²) in [6.07, 6.45) is 0. The van der Waals surface area contributed by atoms with Gasteiger partial charge in [-0.2, -0.15) is 0 Å². The number of hydrogen-bond acceptors (Lipinski definition) is 0. The third-order valence-electron chi connectivity index (χ3n) is 0. The standard InChI is InChI=1S/56Co. The van der Waals surface area contributed by atoms with Gasteiger partial charge in [0.25, 0.3) is 0 Å². The van der Waals surface area contributed by atoms with E-state index in [1.807, 2.05) is 0 Å². The minimum Gasteiger partial charge on any atom is 0 e. The van der Waals surface area contributed by atoms with Crippen LogP contribution < -0.4 is 0 Å². The fraction of sp³-hybridized carbons (Fsp3) is 0. The zero-order chi connectivity index (χ0) is 0. The SMILES string of the molecule is [Co].[Co].[Co].[Co].[Co].[Co].[Co].[Co].[Co].[Co].[Co].[Co].[Co].[Co].[Co].[Co].[Co].[Co].[Co].[Co].[Co].[Co].[Co].[Co].[Co].[Co].[Co].[Co].[Co].[Co].[Co].[Co].[Co].[Co].[Co].[Co].[Co].[Co].[Co].[Co].[Co].[Co].[Co].[Co].[Co].[Co].[Co].[Co].[Co].[Co].[Co].[Co].[Co].[Co].[Co].[Co]. The molecule has 0 amide bonds. The van der Waals surface area contributed by atoms with E-state index in [0.717, 1.165) is 0 Å². The molecule has 0 bridgehead atoms. The summed E-state index contributed by atoms with van der Waals surface area (Å²) < 4.78 is 0. The summed E-state index contributed by atoms with van der Waals surface area (Å²) in [6.45, 7) is 0. The van der Waals surface area contributed by atoms with Gasteiger partial charge in [0, 0.05) is 940 Å². The van der Waals surface area contributed by atoms with E-state index in [0.29, 0.717) is 0 Å². The molecule has 0 atom stereocenters. The maximum absolute atomic E-state index is 0. The zero-order valence-electron chi connectivity index (χ0n) is 18.7. The van der Waals surface area contributed by atoms with Crippen LogP contribution in [-0.4, -0.2) is 0 Å². The molecule has 56 radical (unpaired) electrons. The Hall–Kier alpha value is 28.4. The second kappa shape index (κ2) is 703. The molecule has 0 aliphatic rings. The molecule has 0 saturated carbocycles. The van der Waals surface area contributed by atoms with E-state index < -0.39 is 0 Å². The molecule has 0 aromatic carbocycles. The van der Waals surface area contributed by atoms with Gasteiger partial charge in [0.15, 0.2) is 0 Å². The Morgan fingerprint density at radius 2 is 0.0179 bits per heavy atom. The van der Waals surface area contributed by atoms with Gasteiger partial charge in [-0.05, 0) is 0 Å². The van der Waals surface area contributed by atoms with Crippen LogP contribution in [0.3, 0.4) is 0 Å². The predicted molar refractivity (Wildman–Crippen MR) is 0 cm³/mol.